The van der Waals surface area contributed by atoms with Crippen LogP contribution in [0.15, 0.2) is 53.4 Å². The Balaban J connectivity index is 0.00000225. The number of anilines is 1. The Kier molecular flexibility index (Phi) is 5.98. The van der Waals surface area contributed by atoms with E-state index in [0.717, 1.165) is 30.5 Å². The molecule has 2 N–H and O–H groups in total. The van der Waals surface area contributed by atoms with E-state index in [2.05, 4.69) is 0 Å². The van der Waals surface area contributed by atoms with Gasteiger partial charge in [0.15, 0.2) is 0 Å². The number of hydrogen-bond acceptors (Lipinski definition) is 4. The monoisotopic (exact) mass is 421 g/mol. The van der Waals surface area contributed by atoms with Gasteiger partial charge in [-0.25, -0.2) is 8.42 Å². The minimum absolute atomic E-state index is 0. The molecule has 1 fully saturated rings. The first-order chi connectivity index (χ1) is 13.0. The van der Waals surface area contributed by atoms with Crippen molar-refractivity contribution in [2.45, 2.75) is 30.2 Å². The number of rotatable bonds is 3. The number of fused-ring (bicyclic) bond motifs is 1. The highest BCUT2D eigenvalue weighted by molar-refractivity contribution is 7.92. The summed E-state index contributed by atoms with van der Waals surface area (Å²) in [5.41, 5.74) is 8.03. The zero-order valence-corrected chi connectivity index (χ0v) is 17.1. The Morgan fingerprint density at radius 1 is 1.07 bits per heavy atom. The molecule has 0 saturated carbocycles. The van der Waals surface area contributed by atoms with Crippen LogP contribution in [0, 0.1) is 0 Å². The van der Waals surface area contributed by atoms with Crippen molar-refractivity contribution in [2.75, 3.05) is 23.9 Å². The van der Waals surface area contributed by atoms with Gasteiger partial charge in [-0.1, -0.05) is 24.3 Å². The van der Waals surface area contributed by atoms with Gasteiger partial charge in [-0.05, 0) is 49.1 Å². The molecule has 0 bridgehead atoms. The van der Waals surface area contributed by atoms with Crippen molar-refractivity contribution >= 4 is 34.0 Å². The molecule has 2 aliphatic heterocycles. The third-order valence-corrected chi connectivity index (χ3v) is 7.06. The smallest absolute Gasteiger partial charge is 0.264 e. The lowest BCUT2D eigenvalue weighted by molar-refractivity contribution is 0.0790. The van der Waals surface area contributed by atoms with E-state index in [1.165, 1.54) is 10.4 Å². The van der Waals surface area contributed by atoms with Crippen molar-refractivity contribution in [3.05, 3.63) is 59.7 Å². The number of aryl methyl sites for hydroxylation is 1. The summed E-state index contributed by atoms with van der Waals surface area (Å²) < 4.78 is 28.0. The van der Waals surface area contributed by atoms with E-state index >= 15 is 0 Å². The van der Waals surface area contributed by atoms with Gasteiger partial charge in [0.05, 0.1) is 10.6 Å². The third kappa shape index (κ3) is 3.74. The van der Waals surface area contributed by atoms with Crippen molar-refractivity contribution in [3.63, 3.8) is 0 Å². The SMILES string of the molecule is Cl.N[C@@H]1CCN(C(=O)c2cccc(S(=O)(=O)N3CCCc4ccccc43)c2)C1. The van der Waals surface area contributed by atoms with Crippen LogP contribution >= 0.6 is 12.4 Å². The van der Waals surface area contributed by atoms with E-state index < -0.39 is 10.0 Å². The van der Waals surface area contributed by atoms with Crippen molar-refractivity contribution < 1.29 is 13.2 Å². The van der Waals surface area contributed by atoms with Gasteiger partial charge >= 0.3 is 0 Å². The molecular weight excluding hydrogens is 398 g/mol. The second-order valence-corrected chi connectivity index (χ2v) is 9.00. The zero-order chi connectivity index (χ0) is 19.0. The fourth-order valence-electron chi connectivity index (χ4n) is 3.82. The van der Waals surface area contributed by atoms with Crippen LogP contribution in [0.3, 0.4) is 0 Å². The van der Waals surface area contributed by atoms with E-state index in [1.807, 2.05) is 24.3 Å². The van der Waals surface area contributed by atoms with Crippen molar-refractivity contribution in [1.82, 2.24) is 4.90 Å². The van der Waals surface area contributed by atoms with Crippen LogP contribution in [0.25, 0.3) is 0 Å². The first-order valence-electron chi connectivity index (χ1n) is 9.22. The number of likely N-dealkylation sites (tertiary alicyclic amines) is 1. The van der Waals surface area contributed by atoms with E-state index in [4.69, 9.17) is 5.73 Å². The number of nitrogens with two attached hydrogens (primary N) is 1. The Bertz CT molecular complexity index is 980. The highest BCUT2D eigenvalue weighted by atomic mass is 35.5. The van der Waals surface area contributed by atoms with Gasteiger partial charge in [0.1, 0.15) is 0 Å². The molecule has 4 rings (SSSR count). The summed E-state index contributed by atoms with van der Waals surface area (Å²) in [6, 6.07) is 13.9. The number of benzene rings is 2. The number of halogens is 1. The molecule has 1 atom stereocenters. The molecule has 0 unspecified atom stereocenters. The number of nitrogens with zero attached hydrogens (tertiary/aromatic N) is 2. The Hall–Kier alpha value is -2.09. The lowest BCUT2D eigenvalue weighted by Crippen LogP contribution is -2.36. The number of hydrogen-bond donors (Lipinski definition) is 1. The second-order valence-electron chi connectivity index (χ2n) is 7.14. The molecule has 2 aliphatic rings. The number of sulfonamides is 1. The minimum Gasteiger partial charge on any atom is -0.337 e. The summed E-state index contributed by atoms with van der Waals surface area (Å²) >= 11 is 0. The molecule has 2 heterocycles. The van der Waals surface area contributed by atoms with Crippen molar-refractivity contribution in [1.29, 1.82) is 0 Å². The maximum Gasteiger partial charge on any atom is 0.264 e. The second kappa shape index (κ2) is 8.11. The average molecular weight is 422 g/mol. The average Bonchev–Trinajstić information content (AvgIpc) is 3.13. The summed E-state index contributed by atoms with van der Waals surface area (Å²) in [6.07, 6.45) is 2.42. The normalized spacial score (nSPS) is 19.1. The van der Waals surface area contributed by atoms with Crippen LogP contribution in [0.5, 0.6) is 0 Å². The first kappa shape index (κ1) is 20.6. The van der Waals surface area contributed by atoms with E-state index in [1.54, 1.807) is 23.1 Å². The first-order valence-corrected chi connectivity index (χ1v) is 10.7. The number of para-hydroxylation sites is 1. The zero-order valence-electron chi connectivity index (χ0n) is 15.5. The Morgan fingerprint density at radius 3 is 2.61 bits per heavy atom. The van der Waals surface area contributed by atoms with Crippen LogP contribution in [-0.2, 0) is 16.4 Å². The third-order valence-electron chi connectivity index (χ3n) is 5.25. The van der Waals surface area contributed by atoms with Gasteiger partial charge < -0.3 is 10.6 Å². The predicted molar refractivity (Wildman–Crippen MR) is 111 cm³/mol. The highest BCUT2D eigenvalue weighted by Gasteiger charge is 2.30. The molecule has 0 aliphatic carbocycles. The maximum atomic E-state index is 13.3. The number of carbonyl (C=O) groups is 1. The van der Waals surface area contributed by atoms with E-state index in [9.17, 15) is 13.2 Å². The summed E-state index contributed by atoms with van der Waals surface area (Å²) in [4.78, 5) is 14.5. The highest BCUT2D eigenvalue weighted by Crippen LogP contribution is 2.32. The standard InChI is InChI=1S/C20H23N3O3S.ClH/c21-17-10-12-22(14-17)20(24)16-6-3-8-18(13-16)27(25,26)23-11-4-7-15-5-1-2-9-19(15)23;/h1-3,5-6,8-9,13,17H,4,7,10-12,14,21H2;1H/t17-;/m1./s1. The molecule has 6 nitrogen and oxygen atoms in total. The molecule has 8 heteroatoms. The van der Waals surface area contributed by atoms with E-state index in [0.29, 0.717) is 25.2 Å². The quantitative estimate of drug-likeness (QED) is 0.824. The molecule has 150 valence electrons. The molecule has 1 saturated heterocycles. The van der Waals surface area contributed by atoms with Gasteiger partial charge in [0.25, 0.3) is 15.9 Å². The molecule has 2 aromatic carbocycles. The Labute approximate surface area is 171 Å². The van der Waals surface area contributed by atoms with Gasteiger partial charge in [0.2, 0.25) is 0 Å². The van der Waals surface area contributed by atoms with Crippen LogP contribution in [0.1, 0.15) is 28.8 Å². The van der Waals surface area contributed by atoms with Gasteiger partial charge in [-0.3, -0.25) is 9.10 Å². The van der Waals surface area contributed by atoms with Gasteiger partial charge in [-0.2, -0.15) is 0 Å². The van der Waals surface area contributed by atoms with Gasteiger partial charge in [-0.15, -0.1) is 12.4 Å². The lowest BCUT2D eigenvalue weighted by atomic mass is 10.0. The lowest BCUT2D eigenvalue weighted by Gasteiger charge is -2.30. The maximum absolute atomic E-state index is 13.3. The minimum atomic E-state index is -3.73. The van der Waals surface area contributed by atoms with Crippen molar-refractivity contribution in [2.24, 2.45) is 5.73 Å². The summed E-state index contributed by atoms with van der Waals surface area (Å²) in [5.74, 6) is -0.168. The topological polar surface area (TPSA) is 83.7 Å². The van der Waals surface area contributed by atoms with Crippen LogP contribution < -0.4 is 10.0 Å². The molecule has 2 aromatic rings. The largest absolute Gasteiger partial charge is 0.337 e. The molecule has 0 aromatic heterocycles. The molecule has 0 spiro atoms. The number of carbonyl (C=O) groups excluding carboxylic acids is 1. The fraction of sp³-hybridized carbons (Fsp3) is 0.350. The molecule has 28 heavy (non-hydrogen) atoms. The summed E-state index contributed by atoms with van der Waals surface area (Å²) in [5, 5.41) is 0. The molecule has 0 radical (unpaired) electrons. The summed E-state index contributed by atoms with van der Waals surface area (Å²) in [7, 11) is -3.73. The Morgan fingerprint density at radius 2 is 1.86 bits per heavy atom. The summed E-state index contributed by atoms with van der Waals surface area (Å²) in [6.45, 7) is 1.56. The number of amides is 1. The van der Waals surface area contributed by atoms with Crippen LogP contribution in [0.4, 0.5) is 5.69 Å². The fourth-order valence-corrected chi connectivity index (χ4v) is 5.41. The van der Waals surface area contributed by atoms with E-state index in [-0.39, 0.29) is 29.3 Å². The van der Waals surface area contributed by atoms with Crippen molar-refractivity contribution in [3.8, 4) is 0 Å². The predicted octanol–water partition coefficient (Wildman–Crippen LogP) is 2.42. The van der Waals surface area contributed by atoms with Gasteiger partial charge in [0, 0.05) is 31.2 Å². The molecular formula is C20H24ClN3O3S. The molecule has 1 amide bonds. The van der Waals surface area contributed by atoms with Crippen LogP contribution in [0.2, 0.25) is 0 Å². The van der Waals surface area contributed by atoms with Crippen LogP contribution in [-0.4, -0.2) is 44.9 Å².